The number of carbonyl (C=O) groups excluding carboxylic acids is 1. The molecule has 0 radical (unpaired) electrons. The molecule has 10 heteroatoms. The Morgan fingerprint density at radius 3 is 2.42 bits per heavy atom. The highest BCUT2D eigenvalue weighted by Crippen LogP contribution is 2.31. The van der Waals surface area contributed by atoms with Crippen molar-refractivity contribution in [3.05, 3.63) is 96.4 Å². The molecular weight excluding hydrogens is 480 g/mol. The molecular formula is C28H42N8O2. The molecule has 0 saturated heterocycles. The van der Waals surface area contributed by atoms with E-state index in [0.29, 0.717) is 17.1 Å². The van der Waals surface area contributed by atoms with Gasteiger partial charge in [-0.2, -0.15) is 5.10 Å². The van der Waals surface area contributed by atoms with Crippen molar-refractivity contribution < 1.29 is 9.53 Å². The van der Waals surface area contributed by atoms with Gasteiger partial charge in [0.1, 0.15) is 11.5 Å². The fraction of sp³-hybridized carbons (Fsp3) is 0.250. The first kappa shape index (κ1) is 35.6. The molecule has 2 amide bonds. The average Bonchev–Trinajstić information content (AvgIpc) is 3.23. The molecule has 0 aromatic carbocycles. The van der Waals surface area contributed by atoms with E-state index in [9.17, 15) is 4.79 Å². The summed E-state index contributed by atoms with van der Waals surface area (Å²) in [5, 5.41) is 16.9. The van der Waals surface area contributed by atoms with Crippen LogP contribution in [0.25, 0.3) is 5.52 Å². The van der Waals surface area contributed by atoms with Crippen LogP contribution < -0.4 is 28.1 Å². The summed E-state index contributed by atoms with van der Waals surface area (Å²) in [6.07, 6.45) is 17.3. The summed E-state index contributed by atoms with van der Waals surface area (Å²) in [4.78, 5) is 11.6. The van der Waals surface area contributed by atoms with Crippen LogP contribution in [-0.2, 0) is 4.74 Å². The van der Waals surface area contributed by atoms with E-state index >= 15 is 0 Å². The number of aromatic nitrogens is 2. The molecule has 0 aliphatic rings. The molecule has 10 nitrogen and oxygen atoms in total. The maximum atomic E-state index is 11.6. The zero-order chi connectivity index (χ0) is 28.4. The highest BCUT2D eigenvalue weighted by Gasteiger charge is 2.15. The minimum absolute atomic E-state index is 0. The van der Waals surface area contributed by atoms with Crippen LogP contribution in [0.4, 0.5) is 16.2 Å². The summed E-state index contributed by atoms with van der Waals surface area (Å²) in [6.45, 7) is 23.1. The fourth-order valence-electron chi connectivity index (χ4n) is 3.04. The van der Waals surface area contributed by atoms with Gasteiger partial charge in [-0.05, 0) is 63.1 Å². The number of hydrogen-bond donors (Lipinski definition) is 5. The molecule has 0 aliphatic heterocycles. The standard InChI is InChI=1S/C25H32N6O2.C2H6.CHN.H3N/c1-7-10-12-21(11-8-2)33-20(9-3)14-13-18(5)28-23-17(4)15-27-31-16-22(19(6)24(23)31)29-25(32)30-26;2*1-2;/h7,9-16,28H,1,5,8,26H2,2-4,6H3,(H2,29,30,32);1-2H3;1H;1H3/b12-10-,14-13-,20-9+,21-11+;;;. The maximum absolute atomic E-state index is 11.6. The van der Waals surface area contributed by atoms with Crippen molar-refractivity contribution in [3.8, 4) is 6.57 Å². The summed E-state index contributed by atoms with van der Waals surface area (Å²) in [6, 6.07) is -0.508. The molecule has 0 fully saturated rings. The Morgan fingerprint density at radius 2 is 1.87 bits per heavy atom. The molecule has 206 valence electrons. The van der Waals surface area contributed by atoms with Crippen molar-refractivity contribution in [3.63, 3.8) is 0 Å². The van der Waals surface area contributed by atoms with Crippen molar-refractivity contribution in [1.29, 1.82) is 5.26 Å². The fourth-order valence-corrected chi connectivity index (χ4v) is 3.04. The van der Waals surface area contributed by atoms with E-state index in [1.54, 1.807) is 23.0 Å². The van der Waals surface area contributed by atoms with Gasteiger partial charge in [0, 0.05) is 17.8 Å². The Hall–Kier alpha value is -4.59. The monoisotopic (exact) mass is 522 g/mol. The minimum Gasteiger partial charge on any atom is -0.458 e. The van der Waals surface area contributed by atoms with Crippen LogP contribution in [0.15, 0.2) is 85.3 Å². The number of nitrogens with one attached hydrogen (secondary N) is 3. The normalized spacial score (nSPS) is 11.0. The van der Waals surface area contributed by atoms with Gasteiger partial charge in [0.2, 0.25) is 0 Å². The van der Waals surface area contributed by atoms with Gasteiger partial charge >= 0.3 is 6.03 Å². The Balaban J connectivity index is 0. The minimum atomic E-state index is -0.508. The summed E-state index contributed by atoms with van der Waals surface area (Å²) < 4.78 is 7.66. The highest BCUT2D eigenvalue weighted by atomic mass is 16.5. The van der Waals surface area contributed by atoms with Crippen molar-refractivity contribution in [2.24, 2.45) is 5.84 Å². The number of rotatable bonds is 10. The molecule has 2 aromatic heterocycles. The lowest BCUT2D eigenvalue weighted by Crippen LogP contribution is -2.34. The van der Waals surface area contributed by atoms with Crippen molar-refractivity contribution in [2.75, 3.05) is 10.6 Å². The number of nitriles is 1. The Kier molecular flexibility index (Phi) is 18.3. The third-order valence-electron chi connectivity index (χ3n) is 4.68. The second kappa shape index (κ2) is 19.6. The molecule has 2 heterocycles. The summed E-state index contributed by atoms with van der Waals surface area (Å²) in [5.74, 6) is 6.60. The van der Waals surface area contributed by atoms with Gasteiger partial charge in [-0.3, -0.25) is 5.43 Å². The second-order valence-electron chi connectivity index (χ2n) is 7.15. The Labute approximate surface area is 226 Å². The number of amides is 2. The summed E-state index contributed by atoms with van der Waals surface area (Å²) in [5.41, 5.74) is 6.75. The van der Waals surface area contributed by atoms with Crippen LogP contribution in [-0.4, -0.2) is 15.6 Å². The number of hydrazine groups is 1. The van der Waals surface area contributed by atoms with Crippen molar-refractivity contribution in [1.82, 2.24) is 21.2 Å². The van der Waals surface area contributed by atoms with Crippen molar-refractivity contribution >= 4 is 22.9 Å². The number of aryl methyl sites for hydroxylation is 2. The third-order valence-corrected chi connectivity index (χ3v) is 4.68. The van der Waals surface area contributed by atoms with Gasteiger partial charge in [0.15, 0.2) is 0 Å². The lowest BCUT2D eigenvalue weighted by molar-refractivity contribution is 0.252. The summed E-state index contributed by atoms with van der Waals surface area (Å²) in [7, 11) is 0. The number of ether oxygens (including phenoxy) is 1. The average molecular weight is 523 g/mol. The molecule has 0 spiro atoms. The van der Waals surface area contributed by atoms with Gasteiger partial charge in [0.05, 0.1) is 29.3 Å². The number of hydrogen-bond acceptors (Lipinski definition) is 7. The van der Waals surface area contributed by atoms with Gasteiger partial charge in [-0.15, -0.1) is 0 Å². The second-order valence-corrected chi connectivity index (χ2v) is 7.15. The zero-order valence-electron chi connectivity index (χ0n) is 23.3. The van der Waals surface area contributed by atoms with Crippen LogP contribution >= 0.6 is 0 Å². The number of nitrogens with two attached hydrogens (primary N) is 1. The molecule has 38 heavy (non-hydrogen) atoms. The molecule has 2 aromatic rings. The first-order chi connectivity index (χ1) is 17.8. The largest absolute Gasteiger partial charge is 0.458 e. The van der Waals surface area contributed by atoms with Crippen molar-refractivity contribution in [2.45, 2.75) is 48.0 Å². The number of nitrogens with zero attached hydrogens (tertiary/aromatic N) is 3. The van der Waals surface area contributed by atoms with E-state index in [1.165, 1.54) is 0 Å². The van der Waals surface area contributed by atoms with E-state index in [2.05, 4.69) is 40.9 Å². The summed E-state index contributed by atoms with van der Waals surface area (Å²) >= 11 is 0. The Bertz CT molecular complexity index is 1200. The van der Waals surface area contributed by atoms with E-state index in [0.717, 1.165) is 34.5 Å². The van der Waals surface area contributed by atoms with Gasteiger partial charge < -0.3 is 21.5 Å². The third kappa shape index (κ3) is 10.6. The van der Waals surface area contributed by atoms with E-state index in [1.807, 2.05) is 78.0 Å². The van der Waals surface area contributed by atoms with Gasteiger partial charge in [-0.25, -0.2) is 20.4 Å². The van der Waals surface area contributed by atoms with Crippen LogP contribution in [0.5, 0.6) is 0 Å². The van der Waals surface area contributed by atoms with Gasteiger partial charge in [0.25, 0.3) is 0 Å². The molecule has 0 atom stereocenters. The number of allylic oxidation sites excluding steroid dienone is 7. The molecule has 0 unspecified atom stereocenters. The topological polar surface area (TPSA) is 164 Å². The lowest BCUT2D eigenvalue weighted by Gasteiger charge is -2.13. The van der Waals surface area contributed by atoms with E-state index in [-0.39, 0.29) is 6.15 Å². The van der Waals surface area contributed by atoms with Gasteiger partial charge in [-0.1, -0.05) is 46.1 Å². The smallest absolute Gasteiger partial charge is 0.333 e. The van der Waals surface area contributed by atoms with Crippen LogP contribution in [0.3, 0.4) is 0 Å². The molecule has 2 rings (SSSR count). The SMILES string of the molecule is C#N.C=C/C=C\C(=C/CC)OC(/C=C\C(=C)Nc1c(C)cnn2cc(NC(=O)NN)c(C)c12)=C/C.CC.N. The quantitative estimate of drug-likeness (QED) is 0.0760. The Morgan fingerprint density at radius 1 is 1.21 bits per heavy atom. The predicted molar refractivity (Wildman–Crippen MR) is 159 cm³/mol. The number of carbonyl (C=O) groups is 1. The van der Waals surface area contributed by atoms with Crippen LogP contribution in [0.2, 0.25) is 0 Å². The predicted octanol–water partition coefficient (Wildman–Crippen LogP) is 6.71. The first-order valence-corrected chi connectivity index (χ1v) is 11.8. The number of fused-ring (bicyclic) bond motifs is 1. The first-order valence-electron chi connectivity index (χ1n) is 11.8. The van der Waals surface area contributed by atoms with E-state index in [4.69, 9.17) is 15.8 Å². The number of anilines is 2. The maximum Gasteiger partial charge on any atom is 0.333 e. The molecule has 8 N–H and O–H groups in total. The molecule has 0 aliphatic carbocycles. The molecule has 0 saturated carbocycles. The lowest BCUT2D eigenvalue weighted by atomic mass is 10.2. The highest BCUT2D eigenvalue weighted by molar-refractivity contribution is 5.93. The number of urea groups is 1. The van der Waals surface area contributed by atoms with Crippen LogP contribution in [0.1, 0.15) is 45.2 Å². The molecule has 0 bridgehead atoms. The van der Waals surface area contributed by atoms with Crippen LogP contribution in [0, 0.1) is 25.7 Å². The van der Waals surface area contributed by atoms with E-state index < -0.39 is 6.03 Å². The zero-order valence-corrected chi connectivity index (χ0v) is 23.3.